The Labute approximate surface area is 198 Å². The number of hydrazone groups is 1. The number of thiazole rings is 1. The van der Waals surface area contributed by atoms with Crippen molar-refractivity contribution < 1.29 is 14.3 Å². The highest BCUT2D eigenvalue weighted by molar-refractivity contribution is 9.10. The highest BCUT2D eigenvalue weighted by atomic mass is 79.9. The molecule has 0 aliphatic carbocycles. The summed E-state index contributed by atoms with van der Waals surface area (Å²) in [5.41, 5.74) is 2.11. The number of anilines is 1. The summed E-state index contributed by atoms with van der Waals surface area (Å²) < 4.78 is 12.5. The van der Waals surface area contributed by atoms with Crippen molar-refractivity contribution in [1.82, 2.24) is 4.98 Å². The van der Waals surface area contributed by atoms with Crippen LogP contribution in [-0.4, -0.2) is 30.8 Å². The van der Waals surface area contributed by atoms with E-state index in [1.807, 2.05) is 61.5 Å². The maximum absolute atomic E-state index is 13.4. The molecular formula is C24H20BrN3O3S. The minimum absolute atomic E-state index is 0.278. The molecule has 0 atom stereocenters. The molecule has 1 amide bonds. The molecule has 32 heavy (non-hydrogen) atoms. The minimum atomic E-state index is -0.278. The molecule has 0 saturated heterocycles. The van der Waals surface area contributed by atoms with Crippen LogP contribution in [0.1, 0.15) is 22.8 Å². The van der Waals surface area contributed by atoms with E-state index in [2.05, 4.69) is 26.0 Å². The molecule has 1 aromatic heterocycles. The molecule has 3 aromatic carbocycles. The number of carbonyl (C=O) groups is 1. The Hall–Kier alpha value is -3.23. The molecule has 0 saturated carbocycles. The minimum Gasteiger partial charge on any atom is -0.497 e. The molecular weight excluding hydrogens is 490 g/mol. The highest BCUT2D eigenvalue weighted by Gasteiger charge is 2.21. The molecule has 0 N–H and O–H groups in total. The van der Waals surface area contributed by atoms with E-state index in [9.17, 15) is 4.79 Å². The maximum Gasteiger partial charge on any atom is 0.280 e. The Morgan fingerprint density at radius 3 is 2.62 bits per heavy atom. The third-order valence-corrected chi connectivity index (χ3v) is 6.03. The smallest absolute Gasteiger partial charge is 0.280 e. The lowest BCUT2D eigenvalue weighted by molar-refractivity contribution is 0.0988. The lowest BCUT2D eigenvalue weighted by atomic mass is 10.2. The molecule has 0 fully saturated rings. The van der Waals surface area contributed by atoms with Gasteiger partial charge in [-0.1, -0.05) is 33.3 Å². The van der Waals surface area contributed by atoms with Gasteiger partial charge in [0.25, 0.3) is 5.91 Å². The van der Waals surface area contributed by atoms with Crippen molar-refractivity contribution in [2.45, 2.75) is 6.92 Å². The van der Waals surface area contributed by atoms with Crippen LogP contribution in [0.2, 0.25) is 0 Å². The van der Waals surface area contributed by atoms with E-state index in [0.29, 0.717) is 17.3 Å². The van der Waals surface area contributed by atoms with Crippen LogP contribution in [0.15, 0.2) is 76.3 Å². The molecule has 4 aromatic rings. The summed E-state index contributed by atoms with van der Waals surface area (Å²) in [7, 11) is 1.62. The second-order valence-corrected chi connectivity index (χ2v) is 8.63. The van der Waals surface area contributed by atoms with E-state index in [0.717, 1.165) is 31.8 Å². The fourth-order valence-corrected chi connectivity index (χ4v) is 4.33. The number of rotatable bonds is 7. The number of benzene rings is 3. The van der Waals surface area contributed by atoms with Crippen LogP contribution < -0.4 is 14.5 Å². The second kappa shape index (κ2) is 9.93. The van der Waals surface area contributed by atoms with Gasteiger partial charge in [0.05, 0.1) is 30.1 Å². The van der Waals surface area contributed by atoms with Crippen molar-refractivity contribution in [2.24, 2.45) is 5.10 Å². The Morgan fingerprint density at radius 2 is 1.91 bits per heavy atom. The van der Waals surface area contributed by atoms with E-state index in [1.165, 1.54) is 16.3 Å². The number of halogens is 1. The third kappa shape index (κ3) is 4.98. The second-order valence-electron chi connectivity index (χ2n) is 6.70. The molecule has 162 valence electrons. The summed E-state index contributed by atoms with van der Waals surface area (Å²) >= 11 is 4.80. The first-order chi connectivity index (χ1) is 15.6. The lowest BCUT2D eigenvalue weighted by Crippen LogP contribution is -2.25. The Kier molecular flexibility index (Phi) is 6.82. The largest absolute Gasteiger partial charge is 0.497 e. The first kappa shape index (κ1) is 22.0. The fourth-order valence-electron chi connectivity index (χ4n) is 2.98. The lowest BCUT2D eigenvalue weighted by Gasteiger charge is -2.14. The molecule has 0 unspecified atom stereocenters. The molecule has 1 heterocycles. The van der Waals surface area contributed by atoms with Gasteiger partial charge in [0.1, 0.15) is 11.5 Å². The van der Waals surface area contributed by atoms with Gasteiger partial charge in [0.2, 0.25) is 5.13 Å². The fraction of sp³-hybridized carbons (Fsp3) is 0.125. The van der Waals surface area contributed by atoms with Crippen molar-refractivity contribution in [1.29, 1.82) is 0 Å². The number of ether oxygens (including phenoxy) is 2. The van der Waals surface area contributed by atoms with Gasteiger partial charge in [0.15, 0.2) is 0 Å². The van der Waals surface area contributed by atoms with Gasteiger partial charge in [0, 0.05) is 10.0 Å². The average molecular weight is 510 g/mol. The molecule has 0 aliphatic heterocycles. The summed E-state index contributed by atoms with van der Waals surface area (Å²) in [6.07, 6.45) is 1.64. The van der Waals surface area contributed by atoms with Crippen molar-refractivity contribution in [2.75, 3.05) is 18.7 Å². The normalized spacial score (nSPS) is 11.1. The number of hydrogen-bond acceptors (Lipinski definition) is 6. The van der Waals surface area contributed by atoms with Crippen molar-refractivity contribution in [3.8, 4) is 11.5 Å². The van der Waals surface area contributed by atoms with Crippen LogP contribution in [0.25, 0.3) is 10.2 Å². The number of aromatic nitrogens is 1. The Bertz CT molecular complexity index is 1270. The quantitative estimate of drug-likeness (QED) is 0.221. The van der Waals surface area contributed by atoms with Crippen LogP contribution in [0, 0.1) is 0 Å². The molecule has 0 bridgehead atoms. The van der Waals surface area contributed by atoms with Crippen LogP contribution in [-0.2, 0) is 0 Å². The molecule has 6 nitrogen and oxygen atoms in total. The first-order valence-electron chi connectivity index (χ1n) is 9.89. The zero-order chi connectivity index (χ0) is 22.5. The summed E-state index contributed by atoms with van der Waals surface area (Å²) in [5.74, 6) is 1.24. The number of nitrogens with zero attached hydrogens (tertiary/aromatic N) is 3. The van der Waals surface area contributed by atoms with E-state index in [1.54, 1.807) is 25.5 Å². The molecule has 4 rings (SSSR count). The maximum atomic E-state index is 13.4. The van der Waals surface area contributed by atoms with Crippen molar-refractivity contribution in [3.63, 3.8) is 0 Å². The zero-order valence-electron chi connectivity index (χ0n) is 17.5. The topological polar surface area (TPSA) is 64.0 Å². The molecule has 0 spiro atoms. The van der Waals surface area contributed by atoms with Crippen molar-refractivity contribution >= 4 is 54.7 Å². The highest BCUT2D eigenvalue weighted by Crippen LogP contribution is 2.32. The molecule has 0 aliphatic rings. The van der Waals surface area contributed by atoms with Gasteiger partial charge in [-0.25, -0.2) is 4.98 Å². The van der Waals surface area contributed by atoms with E-state index >= 15 is 0 Å². The Balaban J connectivity index is 1.71. The van der Waals surface area contributed by atoms with Gasteiger partial charge >= 0.3 is 0 Å². The van der Waals surface area contributed by atoms with Gasteiger partial charge in [-0.05, 0) is 73.2 Å². The summed E-state index contributed by atoms with van der Waals surface area (Å²) in [5, 5.41) is 6.30. The zero-order valence-corrected chi connectivity index (χ0v) is 19.9. The standard InChI is InChI=1S/C24H20BrN3O3S/c1-3-31-19-9-7-16(8-10-19)15-26-28(23(29)17-5-4-6-18(25)13-17)24-27-21-12-11-20(30-2)14-22(21)32-24/h4-15H,3H2,1-2H3/b26-15+. The van der Waals surface area contributed by atoms with Gasteiger partial charge in [-0.15, -0.1) is 0 Å². The predicted molar refractivity (Wildman–Crippen MR) is 132 cm³/mol. The Morgan fingerprint density at radius 1 is 1.12 bits per heavy atom. The number of carbonyl (C=O) groups excluding carboxylic acids is 1. The number of methoxy groups -OCH3 is 1. The third-order valence-electron chi connectivity index (χ3n) is 4.54. The monoisotopic (exact) mass is 509 g/mol. The number of hydrogen-bond donors (Lipinski definition) is 0. The van der Waals surface area contributed by atoms with E-state index in [4.69, 9.17) is 9.47 Å². The van der Waals surface area contributed by atoms with Gasteiger partial charge < -0.3 is 9.47 Å². The van der Waals surface area contributed by atoms with Gasteiger partial charge in [-0.3, -0.25) is 4.79 Å². The van der Waals surface area contributed by atoms with Crippen LogP contribution >= 0.6 is 27.3 Å². The van der Waals surface area contributed by atoms with E-state index < -0.39 is 0 Å². The first-order valence-corrected chi connectivity index (χ1v) is 11.5. The summed E-state index contributed by atoms with van der Waals surface area (Å²) in [6, 6.07) is 20.3. The van der Waals surface area contributed by atoms with E-state index in [-0.39, 0.29) is 5.91 Å². The van der Waals surface area contributed by atoms with Crippen LogP contribution in [0.5, 0.6) is 11.5 Å². The number of fused-ring (bicyclic) bond motifs is 1. The molecule has 8 heteroatoms. The summed E-state index contributed by atoms with van der Waals surface area (Å²) in [6.45, 7) is 2.54. The SMILES string of the molecule is CCOc1ccc(/C=N/N(C(=O)c2cccc(Br)c2)c2nc3ccc(OC)cc3s2)cc1. The number of amides is 1. The van der Waals surface area contributed by atoms with Crippen molar-refractivity contribution in [3.05, 3.63) is 82.3 Å². The average Bonchev–Trinajstić information content (AvgIpc) is 3.23. The summed E-state index contributed by atoms with van der Waals surface area (Å²) in [4.78, 5) is 18.0. The molecule has 0 radical (unpaired) electrons. The van der Waals surface area contributed by atoms with Gasteiger partial charge in [-0.2, -0.15) is 10.1 Å². The predicted octanol–water partition coefficient (Wildman–Crippen LogP) is 6.15. The van der Waals surface area contributed by atoms with Crippen LogP contribution in [0.3, 0.4) is 0 Å². The van der Waals surface area contributed by atoms with Crippen LogP contribution in [0.4, 0.5) is 5.13 Å².